The van der Waals surface area contributed by atoms with Crippen LogP contribution in [0.2, 0.25) is 0 Å². The Kier molecular flexibility index (Phi) is 4.55. The second kappa shape index (κ2) is 6.16. The van der Waals surface area contributed by atoms with E-state index in [1.165, 1.54) is 0 Å². The van der Waals surface area contributed by atoms with Crippen LogP contribution in [-0.4, -0.2) is 34.3 Å². The summed E-state index contributed by atoms with van der Waals surface area (Å²) in [6, 6.07) is 0.225. The first-order valence-corrected chi connectivity index (χ1v) is 7.16. The highest BCUT2D eigenvalue weighted by Crippen LogP contribution is 2.15. The van der Waals surface area contributed by atoms with Crippen molar-refractivity contribution in [2.45, 2.75) is 33.4 Å². The van der Waals surface area contributed by atoms with Gasteiger partial charge in [0.05, 0.1) is 29.5 Å². The second-order valence-corrected chi connectivity index (χ2v) is 5.75. The number of ether oxygens (including phenoxy) is 1. The lowest BCUT2D eigenvalue weighted by Crippen LogP contribution is -2.23. The molecule has 0 spiro atoms. The van der Waals surface area contributed by atoms with E-state index in [4.69, 9.17) is 4.74 Å². The lowest BCUT2D eigenvalue weighted by molar-refractivity contribution is 0.190. The number of imidazole rings is 1. The van der Waals surface area contributed by atoms with Gasteiger partial charge in [-0.25, -0.2) is 9.97 Å². The third kappa shape index (κ3) is 3.78. The number of rotatable bonds is 6. The van der Waals surface area contributed by atoms with Crippen molar-refractivity contribution in [1.82, 2.24) is 14.5 Å². The van der Waals surface area contributed by atoms with Crippen molar-refractivity contribution in [1.29, 1.82) is 0 Å². The van der Waals surface area contributed by atoms with Crippen molar-refractivity contribution in [3.05, 3.63) is 28.0 Å². The quantitative estimate of drug-likeness (QED) is 0.883. The molecule has 0 aliphatic carbocycles. The lowest BCUT2D eigenvalue weighted by Gasteiger charge is -2.14. The molecule has 0 amide bonds. The highest BCUT2D eigenvalue weighted by atomic mass is 32.1. The van der Waals surface area contributed by atoms with Crippen LogP contribution < -0.4 is 5.32 Å². The molecule has 2 rings (SSSR count). The summed E-state index contributed by atoms with van der Waals surface area (Å²) in [5.41, 5.74) is 2.07. The predicted molar refractivity (Wildman–Crippen MR) is 77.9 cm³/mol. The third-order valence-corrected chi connectivity index (χ3v) is 3.51. The SMILES string of the molecule is COCC(C)Nc1nc(C)cn1Cc1csc(C)n1. The van der Waals surface area contributed by atoms with E-state index in [0.29, 0.717) is 6.61 Å². The summed E-state index contributed by atoms with van der Waals surface area (Å²) in [6.45, 7) is 7.49. The van der Waals surface area contributed by atoms with Gasteiger partial charge < -0.3 is 14.6 Å². The molecule has 19 heavy (non-hydrogen) atoms. The molecule has 0 bridgehead atoms. The molecular weight excluding hydrogens is 260 g/mol. The highest BCUT2D eigenvalue weighted by molar-refractivity contribution is 7.09. The van der Waals surface area contributed by atoms with Gasteiger partial charge in [0.1, 0.15) is 0 Å². The van der Waals surface area contributed by atoms with Crippen molar-refractivity contribution < 1.29 is 4.74 Å². The fourth-order valence-corrected chi connectivity index (χ4v) is 2.55. The zero-order valence-corrected chi connectivity index (χ0v) is 12.6. The van der Waals surface area contributed by atoms with Crippen molar-refractivity contribution in [3.63, 3.8) is 0 Å². The number of aromatic nitrogens is 3. The number of aryl methyl sites for hydroxylation is 2. The second-order valence-electron chi connectivity index (χ2n) is 4.69. The number of methoxy groups -OCH3 is 1. The largest absolute Gasteiger partial charge is 0.383 e. The first-order valence-electron chi connectivity index (χ1n) is 6.28. The van der Waals surface area contributed by atoms with Crippen LogP contribution in [0.15, 0.2) is 11.6 Å². The summed E-state index contributed by atoms with van der Waals surface area (Å²) in [6.07, 6.45) is 2.04. The van der Waals surface area contributed by atoms with Gasteiger partial charge in [-0.15, -0.1) is 11.3 Å². The molecule has 0 saturated heterocycles. The summed E-state index contributed by atoms with van der Waals surface area (Å²) in [5, 5.41) is 6.54. The smallest absolute Gasteiger partial charge is 0.203 e. The Morgan fingerprint density at radius 2 is 2.21 bits per heavy atom. The highest BCUT2D eigenvalue weighted by Gasteiger charge is 2.10. The molecule has 1 atom stereocenters. The van der Waals surface area contributed by atoms with E-state index >= 15 is 0 Å². The molecule has 2 heterocycles. The maximum Gasteiger partial charge on any atom is 0.203 e. The van der Waals surface area contributed by atoms with Gasteiger partial charge >= 0.3 is 0 Å². The minimum absolute atomic E-state index is 0.225. The Balaban J connectivity index is 2.11. The number of hydrogen-bond donors (Lipinski definition) is 1. The van der Waals surface area contributed by atoms with Crippen LogP contribution >= 0.6 is 11.3 Å². The predicted octanol–water partition coefficient (Wildman–Crippen LogP) is 2.45. The molecule has 5 nitrogen and oxygen atoms in total. The molecule has 104 valence electrons. The van der Waals surface area contributed by atoms with E-state index in [-0.39, 0.29) is 6.04 Å². The first-order chi connectivity index (χ1) is 9.08. The minimum atomic E-state index is 0.225. The molecule has 0 aliphatic rings. The molecule has 1 unspecified atom stereocenters. The van der Waals surface area contributed by atoms with Gasteiger partial charge in [-0.1, -0.05) is 0 Å². The zero-order chi connectivity index (χ0) is 13.8. The van der Waals surface area contributed by atoms with E-state index in [9.17, 15) is 0 Å². The van der Waals surface area contributed by atoms with E-state index < -0.39 is 0 Å². The molecule has 2 aromatic heterocycles. The van der Waals surface area contributed by atoms with Gasteiger partial charge in [0.2, 0.25) is 5.95 Å². The van der Waals surface area contributed by atoms with Crippen LogP contribution in [0.4, 0.5) is 5.95 Å². The number of nitrogens with one attached hydrogen (secondary N) is 1. The fourth-order valence-electron chi connectivity index (χ4n) is 1.95. The summed E-state index contributed by atoms with van der Waals surface area (Å²) in [5.74, 6) is 0.868. The van der Waals surface area contributed by atoms with Gasteiger partial charge in [-0.05, 0) is 20.8 Å². The molecule has 0 saturated carbocycles. The van der Waals surface area contributed by atoms with Gasteiger partial charge in [-0.3, -0.25) is 0 Å². The molecule has 0 aromatic carbocycles. The van der Waals surface area contributed by atoms with Gasteiger partial charge in [0, 0.05) is 24.7 Å². The Labute approximate surface area is 117 Å². The molecule has 0 fully saturated rings. The Morgan fingerprint density at radius 1 is 1.42 bits per heavy atom. The normalized spacial score (nSPS) is 12.6. The average molecular weight is 280 g/mol. The van der Waals surface area contributed by atoms with Crippen molar-refractivity contribution >= 4 is 17.3 Å². The Morgan fingerprint density at radius 3 is 2.84 bits per heavy atom. The third-order valence-electron chi connectivity index (χ3n) is 2.69. The number of anilines is 1. The number of thiazole rings is 1. The van der Waals surface area contributed by atoms with Crippen molar-refractivity contribution in [2.75, 3.05) is 19.0 Å². The molecular formula is C13H20N4OS. The summed E-state index contributed by atoms with van der Waals surface area (Å²) >= 11 is 1.67. The maximum absolute atomic E-state index is 5.13. The number of nitrogens with zero attached hydrogens (tertiary/aromatic N) is 3. The van der Waals surface area contributed by atoms with Gasteiger partial charge in [0.25, 0.3) is 0 Å². The van der Waals surface area contributed by atoms with Crippen LogP contribution in [0.3, 0.4) is 0 Å². The molecule has 2 aromatic rings. The lowest BCUT2D eigenvalue weighted by atomic mass is 10.4. The van der Waals surface area contributed by atoms with Gasteiger partial charge in [-0.2, -0.15) is 0 Å². The summed E-state index contributed by atoms with van der Waals surface area (Å²) < 4.78 is 7.23. The van der Waals surface area contributed by atoms with Crippen LogP contribution in [-0.2, 0) is 11.3 Å². The fraction of sp³-hybridized carbons (Fsp3) is 0.538. The average Bonchev–Trinajstić information content (AvgIpc) is 2.87. The Hall–Kier alpha value is -1.40. The minimum Gasteiger partial charge on any atom is -0.383 e. The molecule has 1 N–H and O–H groups in total. The zero-order valence-electron chi connectivity index (χ0n) is 11.8. The van der Waals surface area contributed by atoms with E-state index in [2.05, 4.69) is 32.2 Å². The topological polar surface area (TPSA) is 52.0 Å². The van der Waals surface area contributed by atoms with Crippen LogP contribution in [0.25, 0.3) is 0 Å². The van der Waals surface area contributed by atoms with Crippen molar-refractivity contribution in [3.8, 4) is 0 Å². The van der Waals surface area contributed by atoms with Crippen molar-refractivity contribution in [2.24, 2.45) is 0 Å². The monoisotopic (exact) mass is 280 g/mol. The molecule has 0 aliphatic heterocycles. The first kappa shape index (κ1) is 14.0. The molecule has 6 heteroatoms. The standard InChI is InChI=1S/C13H20N4OS/c1-9-5-17(6-12-8-19-11(3)16-12)13(14-9)15-10(2)7-18-4/h5,8,10H,6-7H2,1-4H3,(H,14,15). The van der Waals surface area contributed by atoms with Crippen LogP contribution in [0, 0.1) is 13.8 Å². The summed E-state index contributed by atoms with van der Waals surface area (Å²) in [7, 11) is 1.70. The van der Waals surface area contributed by atoms with E-state index in [1.807, 2.05) is 20.0 Å². The Bertz CT molecular complexity index is 534. The van der Waals surface area contributed by atoms with Crippen LogP contribution in [0.1, 0.15) is 23.3 Å². The molecule has 0 radical (unpaired) electrons. The summed E-state index contributed by atoms with van der Waals surface area (Å²) in [4.78, 5) is 9.00. The van der Waals surface area contributed by atoms with Crippen LogP contribution in [0.5, 0.6) is 0 Å². The number of hydrogen-bond acceptors (Lipinski definition) is 5. The van der Waals surface area contributed by atoms with Gasteiger partial charge in [0.15, 0.2) is 0 Å². The maximum atomic E-state index is 5.13. The van der Waals surface area contributed by atoms with E-state index in [0.717, 1.165) is 28.9 Å². The van der Waals surface area contributed by atoms with E-state index in [1.54, 1.807) is 18.4 Å².